The number of nitrogens with zero attached hydrogens (tertiary/aromatic N) is 3. The second-order valence-electron chi connectivity index (χ2n) is 19.2. The van der Waals surface area contributed by atoms with Gasteiger partial charge in [-0.2, -0.15) is 0 Å². The molecule has 48 heavy (non-hydrogen) atoms. The third-order valence-corrected chi connectivity index (χ3v) is 20.4. The average Bonchev–Trinajstić information content (AvgIpc) is 2.57. The molecule has 0 spiro atoms. The molecule has 0 atom stereocenters. The second-order valence-corrected chi connectivity index (χ2v) is 47.9. The number of nitrogens with one attached hydrogen (secondary N) is 4. The smallest absolute Gasteiger partial charge is 1.00 e. The van der Waals surface area contributed by atoms with Gasteiger partial charge < -0.3 is 57.5 Å². The molecule has 0 fully saturated rings. The number of hydrogen-bond acceptors (Lipinski definition) is 0. The molecule has 18 heteroatoms. The van der Waals surface area contributed by atoms with Crippen LogP contribution in [0.25, 0.3) is 13.9 Å². The van der Waals surface area contributed by atoms with E-state index >= 15 is 0 Å². The molecule has 4 N–H and O–H groups in total. The number of likely N-dealkylation sites (N-methyl/N-ethyl adjacent to an activating group) is 4. The van der Waals surface area contributed by atoms with E-state index in [1.807, 2.05) is 0 Å². The van der Waals surface area contributed by atoms with Crippen LogP contribution in [0.2, 0.25) is 118 Å². The molecule has 0 aromatic heterocycles. The molecule has 276 valence electrons. The summed E-state index contributed by atoms with van der Waals surface area (Å²) in [5.74, 6) is 0. The minimum atomic E-state index is -1.11. The fraction of sp³-hybridized carbons (Fsp3) is 1.00. The van der Waals surface area contributed by atoms with Crippen molar-refractivity contribution in [3.05, 3.63) is 13.9 Å². The van der Waals surface area contributed by atoms with E-state index in [1.54, 1.807) is 0 Å². The second kappa shape index (κ2) is 38.3. The van der Waals surface area contributed by atoms with Crippen LogP contribution in [0.1, 0.15) is 0 Å². The maximum Gasteiger partial charge on any atom is 1.00 e. The van der Waals surface area contributed by atoms with Gasteiger partial charge >= 0.3 is 118 Å². The summed E-state index contributed by atoms with van der Waals surface area (Å²) in [7, 11) is 10.8. The molecule has 0 amide bonds. The molecule has 0 heterocycles. The third-order valence-electron chi connectivity index (χ3n) is 4.26. The molecule has 0 saturated carbocycles. The molecule has 0 aromatic carbocycles. The summed E-state index contributed by atoms with van der Waals surface area (Å²) >= 11 is 0. The maximum atomic E-state index is 4.82. The monoisotopic (exact) mass is 935 g/mol. The summed E-state index contributed by atoms with van der Waals surface area (Å²) in [6.45, 7) is 46.4. The summed E-state index contributed by atoms with van der Waals surface area (Å²) in [5, 5.41) is 0. The van der Waals surface area contributed by atoms with Crippen molar-refractivity contribution >= 4 is 49.4 Å². The van der Waals surface area contributed by atoms with E-state index in [2.05, 4.69) is 174 Å². The topological polar surface area (TPSA) is 60.1 Å². The summed E-state index contributed by atoms with van der Waals surface area (Å²) in [6.07, 6.45) is 0. The Labute approximate surface area is 419 Å². The van der Waals surface area contributed by atoms with Gasteiger partial charge in [0.05, 0.1) is 56.4 Å². The predicted octanol–water partition coefficient (Wildman–Crippen LogP) is -11.3. The number of hydrogen-bond donors (Lipinski definition) is 4. The molecule has 0 radical (unpaired) electrons. The average molecular weight is 936 g/mol. The SMILES string of the molecule is C[NH+](C)CC[NH+](C)C.C[NH+](C)CC[NH+](C)C.C[Si](C)(C)[N-][Si](C)(C)C.C[Si](C)(C)[N-][Si](C)(C)C.C[Si](C)(C)[N-][Si](C)(C)C.[I-].[Na+].[Na+].[Na+].[Na+]. The van der Waals surface area contributed by atoms with E-state index < -0.39 is 49.4 Å². The van der Waals surface area contributed by atoms with Crippen molar-refractivity contribution in [2.75, 3.05) is 82.6 Å². The van der Waals surface area contributed by atoms with Crippen LogP contribution in [0.3, 0.4) is 0 Å². The summed E-state index contributed by atoms with van der Waals surface area (Å²) in [4.78, 5) is 6.13. The fourth-order valence-corrected chi connectivity index (χ4v) is 28.2. The molecule has 0 aliphatic carbocycles. The van der Waals surface area contributed by atoms with Crippen LogP contribution < -0.4 is 162 Å². The van der Waals surface area contributed by atoms with Gasteiger partial charge in [-0.3, -0.25) is 0 Å². The summed E-state index contributed by atoms with van der Waals surface area (Å²) in [5.41, 5.74) is 0. The molecular formula is C30H90IN7Na4Si6+4. The molecule has 0 unspecified atom stereocenters. The molecule has 0 rings (SSSR count). The minimum absolute atomic E-state index is 0. The van der Waals surface area contributed by atoms with Gasteiger partial charge in [0.25, 0.3) is 0 Å². The van der Waals surface area contributed by atoms with Crippen molar-refractivity contribution in [3.63, 3.8) is 0 Å². The fourth-order valence-electron chi connectivity index (χ4n) is 4.02. The van der Waals surface area contributed by atoms with Crippen LogP contribution in [-0.4, -0.2) is 132 Å². The Morgan fingerprint density at radius 2 is 0.354 bits per heavy atom. The van der Waals surface area contributed by atoms with Crippen LogP contribution >= 0.6 is 0 Å². The Hall–Kier alpha value is 5.75. The van der Waals surface area contributed by atoms with Gasteiger partial charge in [-0.25, -0.2) is 0 Å². The van der Waals surface area contributed by atoms with E-state index in [1.165, 1.54) is 45.8 Å². The van der Waals surface area contributed by atoms with E-state index in [0.717, 1.165) is 0 Å². The molecule has 0 aliphatic heterocycles. The predicted molar refractivity (Wildman–Crippen MR) is 221 cm³/mol. The number of halogens is 1. The van der Waals surface area contributed by atoms with Crippen molar-refractivity contribution in [1.82, 2.24) is 0 Å². The maximum absolute atomic E-state index is 4.82. The van der Waals surface area contributed by atoms with Crippen molar-refractivity contribution in [1.29, 1.82) is 0 Å². The Kier molecular flexibility index (Phi) is 62.3. The minimum Gasteiger partial charge on any atom is -1.00 e. The van der Waals surface area contributed by atoms with Gasteiger partial charge in [-0.05, 0) is 0 Å². The Balaban J connectivity index is -0.0000000459. The van der Waals surface area contributed by atoms with Gasteiger partial charge in [0.2, 0.25) is 0 Å². The molecule has 0 aromatic rings. The van der Waals surface area contributed by atoms with Crippen molar-refractivity contribution in [3.8, 4) is 0 Å². The first kappa shape index (κ1) is 78.1. The van der Waals surface area contributed by atoms with Gasteiger partial charge in [0, 0.05) is 0 Å². The van der Waals surface area contributed by atoms with Crippen molar-refractivity contribution in [2.45, 2.75) is 118 Å². The number of rotatable bonds is 12. The van der Waals surface area contributed by atoms with Crippen LogP contribution in [-0.2, 0) is 0 Å². The zero-order chi connectivity index (χ0) is 36.3. The Bertz CT molecular complexity index is 519. The first-order valence-electron chi connectivity index (χ1n) is 16.8. The Morgan fingerprint density at radius 1 is 0.271 bits per heavy atom. The van der Waals surface area contributed by atoms with Gasteiger partial charge in [0.1, 0.15) is 26.2 Å². The summed E-state index contributed by atoms with van der Waals surface area (Å²) < 4.78 is 14.5. The quantitative estimate of drug-likeness (QED) is 0.111. The number of quaternary nitrogens is 4. The largest absolute Gasteiger partial charge is 1.00 e. The van der Waals surface area contributed by atoms with Gasteiger partial charge in [-0.15, -0.1) is 0 Å². The zero-order valence-electron chi connectivity index (χ0n) is 39.5. The van der Waals surface area contributed by atoms with Crippen LogP contribution in [0.5, 0.6) is 0 Å². The van der Waals surface area contributed by atoms with Crippen molar-refractivity contribution < 1.29 is 162 Å². The van der Waals surface area contributed by atoms with E-state index in [9.17, 15) is 0 Å². The standard InChI is InChI=1S/2C6H16N2.3C6H18NSi2.HI.4Na/c2*1-7(2)5-6-8(3)4;3*1-8(2,3)7-9(4,5)6;;;;;/h2*5-6H2,1-4H3;3*1-6H3;1H;;;;/q;;3*-1;;4*+1/p+3. The molecule has 7 nitrogen and oxygen atoms in total. The van der Waals surface area contributed by atoms with E-state index in [0.29, 0.717) is 0 Å². The summed E-state index contributed by atoms with van der Waals surface area (Å²) in [6, 6.07) is 0. The van der Waals surface area contributed by atoms with E-state index in [-0.39, 0.29) is 142 Å². The van der Waals surface area contributed by atoms with Gasteiger partial charge in [-0.1, -0.05) is 167 Å². The normalized spacial score (nSPS) is 11.6. The zero-order valence-corrected chi connectivity index (χ0v) is 55.7. The first-order valence-corrected chi connectivity index (χ1v) is 37.4. The van der Waals surface area contributed by atoms with Gasteiger partial charge in [0.15, 0.2) is 0 Å². The molecular weight excluding hydrogens is 846 g/mol. The molecule has 0 aliphatic rings. The van der Waals surface area contributed by atoms with Crippen LogP contribution in [0, 0.1) is 0 Å². The van der Waals surface area contributed by atoms with E-state index in [4.69, 9.17) is 13.9 Å². The first-order chi connectivity index (χ1) is 18.4. The molecule has 0 bridgehead atoms. The van der Waals surface area contributed by atoms with Crippen LogP contribution in [0.15, 0.2) is 0 Å². The molecule has 0 saturated heterocycles. The van der Waals surface area contributed by atoms with Crippen LogP contribution in [0.4, 0.5) is 0 Å². The van der Waals surface area contributed by atoms with Crippen molar-refractivity contribution in [2.24, 2.45) is 0 Å². The Morgan fingerprint density at radius 3 is 0.375 bits per heavy atom. The third kappa shape index (κ3) is 117.